The maximum atomic E-state index is 10.2. The Kier molecular flexibility index (Phi) is 35.8. The van der Waals surface area contributed by atoms with Gasteiger partial charge in [-0.15, -0.1) is 0 Å². The van der Waals surface area contributed by atoms with E-state index >= 15 is 0 Å². The van der Waals surface area contributed by atoms with E-state index in [0.717, 1.165) is 25.7 Å². The average molecular weight is 431 g/mol. The molecule has 0 aromatic rings. The lowest BCUT2D eigenvalue weighted by Crippen LogP contribution is -1.93. The number of hydrogen-bond acceptors (Lipinski definition) is 3. The van der Waals surface area contributed by atoms with Crippen molar-refractivity contribution in [3.63, 3.8) is 0 Å². The minimum Gasteiger partial charge on any atom is -0.481 e. The number of rotatable bonds is 20. The summed E-state index contributed by atoms with van der Waals surface area (Å²) in [4.78, 5) is 28.4. The average Bonchev–Trinajstić information content (AvgIpc) is 2.73. The van der Waals surface area contributed by atoms with E-state index in [9.17, 15) is 9.59 Å². The van der Waals surface area contributed by atoms with Gasteiger partial charge < -0.3 is 15.0 Å². The zero-order chi connectivity index (χ0) is 23.3. The minimum atomic E-state index is -0.659. The minimum absolute atomic E-state index is 0.343. The highest BCUT2D eigenvalue weighted by Gasteiger charge is 1.97. The van der Waals surface area contributed by atoms with Crippen molar-refractivity contribution in [2.24, 2.45) is 0 Å². The van der Waals surface area contributed by atoms with Crippen molar-refractivity contribution in [2.45, 2.75) is 142 Å². The van der Waals surface area contributed by atoms with Crippen LogP contribution < -0.4 is 0 Å². The van der Waals surface area contributed by atoms with E-state index in [4.69, 9.17) is 15.0 Å². The van der Waals surface area contributed by atoms with Gasteiger partial charge in [0.05, 0.1) is 0 Å². The molecule has 0 amide bonds. The summed E-state index contributed by atoms with van der Waals surface area (Å²) < 4.78 is 0. The normalized spacial score (nSPS) is 9.80. The van der Waals surface area contributed by atoms with E-state index in [1.165, 1.54) is 89.9 Å². The molecular formula is C25H50O5. The van der Waals surface area contributed by atoms with Crippen LogP contribution >= 0.6 is 0 Å². The molecule has 2 N–H and O–H groups in total. The van der Waals surface area contributed by atoms with Crippen molar-refractivity contribution < 1.29 is 24.6 Å². The summed E-state index contributed by atoms with van der Waals surface area (Å²) >= 11 is 0. The molecule has 0 aromatic carbocycles. The Bertz CT molecular complexity index is 312. The Labute approximate surface area is 186 Å². The van der Waals surface area contributed by atoms with Gasteiger partial charge in [0.1, 0.15) is 6.79 Å². The quantitative estimate of drug-likeness (QED) is 0.192. The van der Waals surface area contributed by atoms with Gasteiger partial charge in [0, 0.05) is 12.8 Å². The number of carboxylic acid groups (broad SMARTS) is 2. The molecule has 0 aliphatic heterocycles. The van der Waals surface area contributed by atoms with Crippen LogP contribution in [0.3, 0.4) is 0 Å². The fourth-order valence-corrected chi connectivity index (χ4v) is 3.17. The second kappa shape index (κ2) is 32.3. The maximum Gasteiger partial charge on any atom is 0.303 e. The van der Waals surface area contributed by atoms with Crippen LogP contribution in [-0.2, 0) is 14.4 Å². The highest BCUT2D eigenvalue weighted by molar-refractivity contribution is 5.66. The van der Waals surface area contributed by atoms with Crippen molar-refractivity contribution >= 4 is 18.7 Å². The fourth-order valence-electron chi connectivity index (χ4n) is 3.17. The second-order valence-electron chi connectivity index (χ2n) is 7.94. The molecule has 0 saturated heterocycles. The van der Waals surface area contributed by atoms with Crippen LogP contribution in [0.1, 0.15) is 142 Å². The number of unbranched alkanes of at least 4 members (excludes halogenated alkanes) is 16. The van der Waals surface area contributed by atoms with E-state index in [0.29, 0.717) is 12.8 Å². The van der Waals surface area contributed by atoms with Gasteiger partial charge in [0.2, 0.25) is 0 Å². The predicted molar refractivity (Wildman–Crippen MR) is 126 cm³/mol. The van der Waals surface area contributed by atoms with Crippen LogP contribution in [0.15, 0.2) is 0 Å². The van der Waals surface area contributed by atoms with Crippen LogP contribution in [0.2, 0.25) is 0 Å². The predicted octanol–water partition coefficient (Wildman–Crippen LogP) is 7.80. The fraction of sp³-hybridized carbons (Fsp3) is 0.880. The Morgan fingerprint density at radius 2 is 0.667 bits per heavy atom. The molecule has 0 saturated carbocycles. The molecule has 0 bridgehead atoms. The molecule has 0 radical (unpaired) electrons. The molecule has 30 heavy (non-hydrogen) atoms. The number of aliphatic carboxylic acids is 2. The van der Waals surface area contributed by atoms with Crippen molar-refractivity contribution in [3.8, 4) is 0 Å². The molecule has 0 spiro atoms. The zero-order valence-corrected chi connectivity index (χ0v) is 20.0. The first-order valence-corrected chi connectivity index (χ1v) is 12.3. The molecule has 0 aromatic heterocycles. The molecule has 0 heterocycles. The highest BCUT2D eigenvalue weighted by Crippen LogP contribution is 2.11. The van der Waals surface area contributed by atoms with Gasteiger partial charge >= 0.3 is 11.9 Å². The van der Waals surface area contributed by atoms with Gasteiger partial charge in [-0.25, -0.2) is 0 Å². The molecular weight excluding hydrogens is 380 g/mol. The first kappa shape index (κ1) is 33.3. The van der Waals surface area contributed by atoms with E-state index in [1.54, 1.807) is 0 Å². The lowest BCUT2D eigenvalue weighted by atomic mass is 10.1. The molecule has 0 rings (SSSR count). The largest absolute Gasteiger partial charge is 0.481 e. The van der Waals surface area contributed by atoms with Gasteiger partial charge in [-0.2, -0.15) is 0 Å². The van der Waals surface area contributed by atoms with Crippen LogP contribution in [0, 0.1) is 0 Å². The lowest BCUT2D eigenvalue weighted by Gasteiger charge is -2.00. The van der Waals surface area contributed by atoms with E-state index in [1.807, 2.05) is 6.79 Å². The Balaban J connectivity index is -0.000000448. The SMILES string of the molecule is C=O.CCCCCCCCCCCC(=O)O.CCCCCCCCCCCC(=O)O. The molecule has 0 aliphatic carbocycles. The monoisotopic (exact) mass is 430 g/mol. The van der Waals surface area contributed by atoms with Crippen LogP contribution in [-0.4, -0.2) is 28.9 Å². The summed E-state index contributed by atoms with van der Waals surface area (Å²) in [6.45, 7) is 6.46. The Hall–Kier alpha value is -1.39. The lowest BCUT2D eigenvalue weighted by molar-refractivity contribution is -0.138. The number of hydrogen-bond donors (Lipinski definition) is 2. The standard InChI is InChI=1S/2C12H24O2.CH2O/c2*1-2-3-4-5-6-7-8-9-10-11-12(13)14;1-2/h2*2-11H2,1H3,(H,13,14);1H2. The van der Waals surface area contributed by atoms with Crippen molar-refractivity contribution in [3.05, 3.63) is 0 Å². The zero-order valence-electron chi connectivity index (χ0n) is 20.0. The third-order valence-electron chi connectivity index (χ3n) is 4.99. The summed E-state index contributed by atoms with van der Waals surface area (Å²) in [5.74, 6) is -1.32. The van der Waals surface area contributed by atoms with E-state index < -0.39 is 11.9 Å². The Morgan fingerprint density at radius 1 is 0.467 bits per heavy atom. The maximum absolute atomic E-state index is 10.2. The summed E-state index contributed by atoms with van der Waals surface area (Å²) in [6.07, 6.45) is 23.0. The first-order chi connectivity index (χ1) is 14.5. The first-order valence-electron chi connectivity index (χ1n) is 12.3. The van der Waals surface area contributed by atoms with Gasteiger partial charge in [-0.3, -0.25) is 9.59 Å². The third-order valence-corrected chi connectivity index (χ3v) is 4.99. The molecule has 0 unspecified atom stereocenters. The molecule has 5 nitrogen and oxygen atoms in total. The molecule has 0 aliphatic rings. The van der Waals surface area contributed by atoms with Gasteiger partial charge in [0.15, 0.2) is 0 Å². The number of carbonyl (C=O) groups excluding carboxylic acids is 1. The summed E-state index contributed by atoms with van der Waals surface area (Å²) in [5, 5.41) is 16.8. The van der Waals surface area contributed by atoms with E-state index in [2.05, 4.69) is 13.8 Å². The summed E-state index contributed by atoms with van der Waals surface area (Å²) in [6, 6.07) is 0. The molecule has 0 atom stereocenters. The smallest absolute Gasteiger partial charge is 0.303 e. The van der Waals surface area contributed by atoms with Gasteiger partial charge in [0.25, 0.3) is 0 Å². The van der Waals surface area contributed by atoms with Crippen LogP contribution in [0.4, 0.5) is 0 Å². The van der Waals surface area contributed by atoms with E-state index in [-0.39, 0.29) is 0 Å². The molecule has 0 fully saturated rings. The topological polar surface area (TPSA) is 91.7 Å². The summed E-state index contributed by atoms with van der Waals surface area (Å²) in [5.41, 5.74) is 0. The number of carbonyl (C=O) groups is 3. The van der Waals surface area contributed by atoms with Gasteiger partial charge in [-0.1, -0.05) is 117 Å². The third kappa shape index (κ3) is 41.1. The second-order valence-corrected chi connectivity index (χ2v) is 7.94. The highest BCUT2D eigenvalue weighted by atomic mass is 16.4. The summed E-state index contributed by atoms with van der Waals surface area (Å²) in [7, 11) is 0. The van der Waals surface area contributed by atoms with Crippen molar-refractivity contribution in [1.82, 2.24) is 0 Å². The Morgan fingerprint density at radius 3 is 0.867 bits per heavy atom. The molecule has 180 valence electrons. The molecule has 5 heteroatoms. The van der Waals surface area contributed by atoms with Crippen molar-refractivity contribution in [1.29, 1.82) is 0 Å². The van der Waals surface area contributed by atoms with Crippen LogP contribution in [0.25, 0.3) is 0 Å². The van der Waals surface area contributed by atoms with Gasteiger partial charge in [-0.05, 0) is 12.8 Å². The number of carboxylic acids is 2. The van der Waals surface area contributed by atoms with Crippen LogP contribution in [0.5, 0.6) is 0 Å². The van der Waals surface area contributed by atoms with Crippen molar-refractivity contribution in [2.75, 3.05) is 0 Å².